The van der Waals surface area contributed by atoms with Crippen LogP contribution in [0.3, 0.4) is 0 Å². The monoisotopic (exact) mass is 330 g/mol. The SMILES string of the molecule is CCc1ccc(-c2[nH]c(=O)sc2CN2C(C)CCCC2C)cc1. The van der Waals surface area contributed by atoms with Crippen molar-refractivity contribution in [2.24, 2.45) is 0 Å². The number of hydrogen-bond acceptors (Lipinski definition) is 3. The molecule has 1 fully saturated rings. The van der Waals surface area contributed by atoms with Gasteiger partial charge in [0.2, 0.25) is 0 Å². The van der Waals surface area contributed by atoms with Gasteiger partial charge in [0.05, 0.1) is 5.69 Å². The summed E-state index contributed by atoms with van der Waals surface area (Å²) in [7, 11) is 0. The Hall–Kier alpha value is -1.39. The van der Waals surface area contributed by atoms with Crippen molar-refractivity contribution in [3.8, 4) is 11.3 Å². The molecule has 1 aliphatic rings. The summed E-state index contributed by atoms with van der Waals surface area (Å²) in [5, 5.41) is 0. The highest BCUT2D eigenvalue weighted by molar-refractivity contribution is 7.09. The number of likely N-dealkylation sites (tertiary alicyclic amines) is 1. The molecule has 0 amide bonds. The molecule has 1 saturated heterocycles. The van der Waals surface area contributed by atoms with Crippen molar-refractivity contribution in [3.63, 3.8) is 0 Å². The molecule has 1 aliphatic heterocycles. The highest BCUT2D eigenvalue weighted by atomic mass is 32.1. The lowest BCUT2D eigenvalue weighted by Crippen LogP contribution is -2.42. The van der Waals surface area contributed by atoms with Crippen LogP contribution >= 0.6 is 11.3 Å². The van der Waals surface area contributed by atoms with Crippen LogP contribution in [0.4, 0.5) is 0 Å². The van der Waals surface area contributed by atoms with Crippen LogP contribution in [0.5, 0.6) is 0 Å². The largest absolute Gasteiger partial charge is 0.312 e. The fourth-order valence-corrected chi connectivity index (χ4v) is 4.43. The first-order valence-corrected chi connectivity index (χ1v) is 9.47. The number of nitrogens with zero attached hydrogens (tertiary/aromatic N) is 1. The molecule has 1 N–H and O–H groups in total. The Morgan fingerprint density at radius 1 is 1.17 bits per heavy atom. The second-order valence-corrected chi connectivity index (χ2v) is 7.73. The predicted molar refractivity (Wildman–Crippen MR) is 98.1 cm³/mol. The average Bonchev–Trinajstić information content (AvgIpc) is 2.92. The molecule has 2 heterocycles. The van der Waals surface area contributed by atoms with E-state index in [1.807, 2.05) is 0 Å². The lowest BCUT2D eigenvalue weighted by atomic mass is 9.97. The maximum absolute atomic E-state index is 12.0. The molecular weight excluding hydrogens is 304 g/mol. The van der Waals surface area contributed by atoms with Gasteiger partial charge in [0, 0.05) is 23.5 Å². The molecule has 0 radical (unpaired) electrons. The number of hydrogen-bond donors (Lipinski definition) is 1. The zero-order chi connectivity index (χ0) is 16.4. The Morgan fingerprint density at radius 2 is 1.83 bits per heavy atom. The lowest BCUT2D eigenvalue weighted by Gasteiger charge is -2.38. The zero-order valence-corrected chi connectivity index (χ0v) is 15.1. The fourth-order valence-electron chi connectivity index (χ4n) is 3.56. The molecule has 124 valence electrons. The van der Waals surface area contributed by atoms with Gasteiger partial charge in [0.15, 0.2) is 0 Å². The second-order valence-electron chi connectivity index (χ2n) is 6.66. The number of aromatic nitrogens is 1. The van der Waals surface area contributed by atoms with Gasteiger partial charge in [-0.3, -0.25) is 9.69 Å². The molecule has 3 rings (SSSR count). The number of thiazole rings is 1. The Labute approximate surface area is 142 Å². The van der Waals surface area contributed by atoms with Gasteiger partial charge < -0.3 is 4.98 Å². The van der Waals surface area contributed by atoms with Gasteiger partial charge in [-0.15, -0.1) is 0 Å². The summed E-state index contributed by atoms with van der Waals surface area (Å²) in [6, 6.07) is 9.74. The Bertz CT molecular complexity index is 691. The summed E-state index contributed by atoms with van der Waals surface area (Å²) < 4.78 is 0. The van der Waals surface area contributed by atoms with Crippen LogP contribution in [0.25, 0.3) is 11.3 Å². The number of H-pyrrole nitrogens is 1. The van der Waals surface area contributed by atoms with Crippen LogP contribution < -0.4 is 4.87 Å². The van der Waals surface area contributed by atoms with E-state index >= 15 is 0 Å². The number of piperidine rings is 1. The van der Waals surface area contributed by atoms with Crippen molar-refractivity contribution in [1.82, 2.24) is 9.88 Å². The summed E-state index contributed by atoms with van der Waals surface area (Å²) >= 11 is 1.36. The Kier molecular flexibility index (Phi) is 5.02. The quantitative estimate of drug-likeness (QED) is 0.900. The second kappa shape index (κ2) is 7.02. The van der Waals surface area contributed by atoms with Gasteiger partial charge in [0.25, 0.3) is 0 Å². The van der Waals surface area contributed by atoms with Crippen molar-refractivity contribution < 1.29 is 0 Å². The van der Waals surface area contributed by atoms with Crippen LogP contribution in [0, 0.1) is 0 Å². The van der Waals surface area contributed by atoms with E-state index in [2.05, 4.69) is 54.9 Å². The summed E-state index contributed by atoms with van der Waals surface area (Å²) in [5.74, 6) is 0. The molecule has 2 aromatic rings. The number of benzene rings is 1. The van der Waals surface area contributed by atoms with E-state index in [0.29, 0.717) is 12.1 Å². The average molecular weight is 330 g/mol. The Morgan fingerprint density at radius 3 is 2.43 bits per heavy atom. The maximum Gasteiger partial charge on any atom is 0.305 e. The van der Waals surface area contributed by atoms with E-state index in [1.165, 1.54) is 41.0 Å². The molecule has 0 spiro atoms. The van der Waals surface area contributed by atoms with Crippen LogP contribution in [-0.2, 0) is 13.0 Å². The minimum absolute atomic E-state index is 0.0480. The summed E-state index contributed by atoms with van der Waals surface area (Å²) in [6.07, 6.45) is 4.86. The van der Waals surface area contributed by atoms with Crippen LogP contribution in [0.1, 0.15) is 50.5 Å². The van der Waals surface area contributed by atoms with Crippen molar-refractivity contribution in [2.75, 3.05) is 0 Å². The third kappa shape index (κ3) is 3.59. The number of aryl methyl sites for hydroxylation is 1. The molecule has 4 heteroatoms. The Balaban J connectivity index is 1.89. The van der Waals surface area contributed by atoms with Crippen LogP contribution in [-0.4, -0.2) is 22.0 Å². The van der Waals surface area contributed by atoms with Crippen molar-refractivity contribution in [1.29, 1.82) is 0 Å². The number of rotatable bonds is 4. The van der Waals surface area contributed by atoms with Crippen molar-refractivity contribution in [2.45, 2.75) is 65.1 Å². The van der Waals surface area contributed by atoms with Crippen molar-refractivity contribution >= 4 is 11.3 Å². The number of aromatic amines is 1. The molecule has 23 heavy (non-hydrogen) atoms. The lowest BCUT2D eigenvalue weighted by molar-refractivity contribution is 0.0965. The first kappa shape index (κ1) is 16.5. The zero-order valence-electron chi connectivity index (χ0n) is 14.3. The highest BCUT2D eigenvalue weighted by Crippen LogP contribution is 2.29. The molecule has 0 saturated carbocycles. The maximum atomic E-state index is 12.0. The minimum atomic E-state index is 0.0480. The van der Waals surface area contributed by atoms with Gasteiger partial charge in [-0.25, -0.2) is 0 Å². The van der Waals surface area contributed by atoms with E-state index in [-0.39, 0.29) is 4.87 Å². The van der Waals surface area contributed by atoms with Gasteiger partial charge in [-0.05, 0) is 44.2 Å². The molecule has 2 unspecified atom stereocenters. The molecule has 0 aliphatic carbocycles. The smallest absolute Gasteiger partial charge is 0.305 e. The molecule has 1 aromatic carbocycles. The first-order valence-electron chi connectivity index (χ1n) is 8.65. The highest BCUT2D eigenvalue weighted by Gasteiger charge is 2.26. The van der Waals surface area contributed by atoms with Gasteiger partial charge >= 0.3 is 4.87 Å². The van der Waals surface area contributed by atoms with E-state index in [1.54, 1.807) is 0 Å². The van der Waals surface area contributed by atoms with E-state index in [9.17, 15) is 4.79 Å². The normalized spacial score (nSPS) is 22.4. The molecule has 3 nitrogen and oxygen atoms in total. The first-order chi connectivity index (χ1) is 11.1. The summed E-state index contributed by atoms with van der Waals surface area (Å²) in [6.45, 7) is 7.64. The topological polar surface area (TPSA) is 36.1 Å². The van der Waals surface area contributed by atoms with Gasteiger partial charge in [0.1, 0.15) is 0 Å². The van der Waals surface area contributed by atoms with Gasteiger partial charge in [-0.2, -0.15) is 0 Å². The molecular formula is C19H26N2OS. The van der Waals surface area contributed by atoms with Gasteiger partial charge in [-0.1, -0.05) is 48.9 Å². The van der Waals surface area contributed by atoms with Crippen LogP contribution in [0.2, 0.25) is 0 Å². The van der Waals surface area contributed by atoms with E-state index in [0.717, 1.165) is 24.2 Å². The van der Waals surface area contributed by atoms with E-state index in [4.69, 9.17) is 0 Å². The van der Waals surface area contributed by atoms with Crippen molar-refractivity contribution in [3.05, 3.63) is 44.4 Å². The van der Waals surface area contributed by atoms with E-state index < -0.39 is 0 Å². The van der Waals surface area contributed by atoms with Crippen LogP contribution in [0.15, 0.2) is 29.1 Å². The molecule has 2 atom stereocenters. The fraction of sp³-hybridized carbons (Fsp3) is 0.526. The molecule has 0 bridgehead atoms. The third-order valence-corrected chi connectivity index (χ3v) is 5.94. The third-order valence-electron chi connectivity index (χ3n) is 5.07. The number of nitrogens with one attached hydrogen (secondary N) is 1. The summed E-state index contributed by atoms with van der Waals surface area (Å²) in [5.41, 5.74) is 3.45. The molecule has 1 aromatic heterocycles. The predicted octanol–water partition coefficient (Wildman–Crippen LogP) is 4.43. The minimum Gasteiger partial charge on any atom is -0.312 e. The standard InChI is InChI=1S/C19H26N2OS/c1-4-15-8-10-16(11-9-15)18-17(23-19(22)20-18)12-21-13(2)6-5-7-14(21)3/h8-11,13-14H,4-7,12H2,1-3H3,(H,20,22). The summed E-state index contributed by atoms with van der Waals surface area (Å²) in [4.78, 5) is 18.8.